The molecule has 0 bridgehead atoms. The number of methoxy groups -OCH3 is 1. The van der Waals surface area contributed by atoms with E-state index in [2.05, 4.69) is 11.1 Å². The molecule has 4 rings (SSSR count). The topological polar surface area (TPSA) is 56.1 Å². The Balaban J connectivity index is 1.63. The molecule has 0 saturated carbocycles. The van der Waals surface area contributed by atoms with E-state index in [1.807, 2.05) is 64.3 Å². The summed E-state index contributed by atoms with van der Waals surface area (Å²) in [5.74, 6) is 0.835. The molecule has 1 aromatic heterocycles. The average molecular weight is 377 g/mol. The highest BCUT2D eigenvalue weighted by Crippen LogP contribution is 2.27. The fourth-order valence-electron chi connectivity index (χ4n) is 3.44. The van der Waals surface area contributed by atoms with Gasteiger partial charge in [0.05, 0.1) is 20.3 Å². The molecule has 0 N–H and O–H groups in total. The largest absolute Gasteiger partial charge is 0.494 e. The molecule has 6 nitrogen and oxygen atoms in total. The van der Waals surface area contributed by atoms with Crippen LogP contribution in [0.4, 0.5) is 5.69 Å². The lowest BCUT2D eigenvalue weighted by atomic mass is 10.2. The maximum atomic E-state index is 12.7. The highest BCUT2D eigenvalue weighted by Gasteiger charge is 2.18. The highest BCUT2D eigenvalue weighted by atomic mass is 16.5. The second kappa shape index (κ2) is 8.27. The second-order valence-electron chi connectivity index (χ2n) is 6.65. The van der Waals surface area contributed by atoms with E-state index in [9.17, 15) is 4.79 Å². The predicted molar refractivity (Wildman–Crippen MR) is 110 cm³/mol. The third kappa shape index (κ3) is 3.77. The van der Waals surface area contributed by atoms with Gasteiger partial charge in [0, 0.05) is 42.0 Å². The Hall–Kier alpha value is -3.12. The van der Waals surface area contributed by atoms with E-state index in [0.717, 1.165) is 27.9 Å². The molecule has 3 aromatic rings. The normalized spacial score (nSPS) is 14.7. The molecule has 144 valence electrons. The van der Waals surface area contributed by atoms with Crippen LogP contribution >= 0.6 is 0 Å². The van der Waals surface area contributed by atoms with E-state index < -0.39 is 0 Å². The van der Waals surface area contributed by atoms with Crippen molar-refractivity contribution in [1.29, 1.82) is 0 Å². The summed E-state index contributed by atoms with van der Waals surface area (Å²) in [7, 11) is 1.64. The van der Waals surface area contributed by atoms with E-state index in [1.54, 1.807) is 7.11 Å². The predicted octanol–water partition coefficient (Wildman–Crippen LogP) is 3.26. The summed E-state index contributed by atoms with van der Waals surface area (Å²) < 4.78 is 12.7. The summed E-state index contributed by atoms with van der Waals surface area (Å²) in [5.41, 5.74) is 2.76. The zero-order valence-corrected chi connectivity index (χ0v) is 15.9. The van der Waals surface area contributed by atoms with Gasteiger partial charge in [-0.25, -0.2) is 0 Å². The number of para-hydroxylation sites is 3. The van der Waals surface area contributed by atoms with Crippen molar-refractivity contribution in [2.45, 2.75) is 6.54 Å². The van der Waals surface area contributed by atoms with Gasteiger partial charge in [-0.2, -0.15) is 0 Å². The minimum atomic E-state index is 0.109. The zero-order chi connectivity index (χ0) is 19.3. The van der Waals surface area contributed by atoms with Gasteiger partial charge in [-0.05, 0) is 18.2 Å². The van der Waals surface area contributed by atoms with Gasteiger partial charge < -0.3 is 18.9 Å². The van der Waals surface area contributed by atoms with Gasteiger partial charge in [-0.1, -0.05) is 30.3 Å². The molecule has 6 heteroatoms. The van der Waals surface area contributed by atoms with Crippen molar-refractivity contribution in [3.63, 3.8) is 0 Å². The Morgan fingerprint density at radius 2 is 1.89 bits per heavy atom. The van der Waals surface area contributed by atoms with Crippen LogP contribution in [0.3, 0.4) is 0 Å². The molecular formula is C22H23N3O3. The molecule has 1 aliphatic rings. The van der Waals surface area contributed by atoms with Crippen molar-refractivity contribution in [3.8, 4) is 5.75 Å². The standard InChI is InChI=1S/C22H23N3O3/c1-27-21-9-5-3-7-19(21)23-14-17-15-25(20-8-4-2-6-18(17)20)16-22(26)24-10-12-28-13-11-24/h2-9,14-15H,10-13,16H2,1H3. The lowest BCUT2D eigenvalue weighted by molar-refractivity contribution is -0.135. The Morgan fingerprint density at radius 1 is 1.14 bits per heavy atom. The highest BCUT2D eigenvalue weighted by molar-refractivity contribution is 6.00. The molecule has 1 amide bonds. The van der Waals surface area contributed by atoms with Crippen molar-refractivity contribution in [3.05, 3.63) is 60.3 Å². The van der Waals surface area contributed by atoms with Crippen molar-refractivity contribution < 1.29 is 14.3 Å². The smallest absolute Gasteiger partial charge is 0.242 e. The Morgan fingerprint density at radius 3 is 2.71 bits per heavy atom. The van der Waals surface area contributed by atoms with Gasteiger partial charge in [-0.15, -0.1) is 0 Å². The number of hydrogen-bond acceptors (Lipinski definition) is 4. The minimum Gasteiger partial charge on any atom is -0.494 e. The average Bonchev–Trinajstić information content (AvgIpc) is 3.10. The first-order valence-electron chi connectivity index (χ1n) is 9.37. The summed E-state index contributed by atoms with van der Waals surface area (Å²) in [6.07, 6.45) is 3.82. The molecule has 2 aromatic carbocycles. The van der Waals surface area contributed by atoms with Crippen LogP contribution < -0.4 is 4.74 Å². The Bertz CT molecular complexity index is 1000. The van der Waals surface area contributed by atoms with Gasteiger partial charge in [0.2, 0.25) is 5.91 Å². The third-order valence-corrected chi connectivity index (χ3v) is 4.92. The quantitative estimate of drug-likeness (QED) is 0.642. The monoisotopic (exact) mass is 377 g/mol. The van der Waals surface area contributed by atoms with Crippen LogP contribution in [-0.4, -0.2) is 55.0 Å². The number of aliphatic imine (C=N–C) groups is 1. The van der Waals surface area contributed by atoms with E-state index in [1.165, 1.54) is 0 Å². The van der Waals surface area contributed by atoms with Gasteiger partial charge in [0.25, 0.3) is 0 Å². The number of fused-ring (bicyclic) bond motifs is 1. The molecule has 1 aliphatic heterocycles. The van der Waals surface area contributed by atoms with Crippen molar-refractivity contribution in [1.82, 2.24) is 9.47 Å². The third-order valence-electron chi connectivity index (χ3n) is 4.92. The van der Waals surface area contributed by atoms with Crippen molar-refractivity contribution in [2.24, 2.45) is 4.99 Å². The molecule has 0 unspecified atom stereocenters. The number of carbonyl (C=O) groups excluding carboxylic acids is 1. The van der Waals surface area contributed by atoms with Gasteiger partial charge in [-0.3, -0.25) is 9.79 Å². The first kappa shape index (κ1) is 18.3. The fourth-order valence-corrected chi connectivity index (χ4v) is 3.44. The van der Waals surface area contributed by atoms with Crippen LogP contribution in [0.2, 0.25) is 0 Å². The van der Waals surface area contributed by atoms with Crippen LogP contribution in [0.25, 0.3) is 10.9 Å². The number of hydrogen-bond donors (Lipinski definition) is 0. The van der Waals surface area contributed by atoms with E-state index in [-0.39, 0.29) is 5.91 Å². The zero-order valence-electron chi connectivity index (χ0n) is 15.9. The fraction of sp³-hybridized carbons (Fsp3) is 0.273. The molecule has 0 spiro atoms. The molecule has 1 fully saturated rings. The SMILES string of the molecule is COc1ccccc1N=Cc1cn(CC(=O)N2CCOCC2)c2ccccc12. The number of carbonyl (C=O) groups is 1. The van der Waals surface area contributed by atoms with E-state index in [4.69, 9.17) is 9.47 Å². The van der Waals surface area contributed by atoms with E-state index >= 15 is 0 Å². The molecule has 1 saturated heterocycles. The summed E-state index contributed by atoms with van der Waals surface area (Å²) in [5, 5.41) is 1.07. The van der Waals surface area contributed by atoms with Crippen LogP contribution in [0.5, 0.6) is 5.75 Å². The molecule has 0 atom stereocenters. The molecule has 28 heavy (non-hydrogen) atoms. The van der Waals surface area contributed by atoms with Crippen LogP contribution in [-0.2, 0) is 16.1 Å². The number of ether oxygens (including phenoxy) is 2. The molecule has 2 heterocycles. The van der Waals surface area contributed by atoms with Gasteiger partial charge >= 0.3 is 0 Å². The van der Waals surface area contributed by atoms with Crippen LogP contribution in [0, 0.1) is 0 Å². The number of aromatic nitrogens is 1. The molecular weight excluding hydrogens is 354 g/mol. The molecule has 0 radical (unpaired) electrons. The molecule has 0 aliphatic carbocycles. The number of benzene rings is 2. The van der Waals surface area contributed by atoms with Gasteiger partial charge in [0.1, 0.15) is 18.0 Å². The maximum absolute atomic E-state index is 12.7. The van der Waals surface area contributed by atoms with Crippen LogP contribution in [0.1, 0.15) is 5.56 Å². The first-order valence-corrected chi connectivity index (χ1v) is 9.37. The number of rotatable bonds is 5. The maximum Gasteiger partial charge on any atom is 0.242 e. The van der Waals surface area contributed by atoms with Gasteiger partial charge in [0.15, 0.2) is 0 Å². The summed E-state index contributed by atoms with van der Waals surface area (Å²) >= 11 is 0. The van der Waals surface area contributed by atoms with Crippen molar-refractivity contribution >= 4 is 28.7 Å². The first-order chi connectivity index (χ1) is 13.8. The second-order valence-corrected chi connectivity index (χ2v) is 6.65. The Labute approximate surface area is 164 Å². The van der Waals surface area contributed by atoms with Crippen molar-refractivity contribution in [2.75, 3.05) is 33.4 Å². The number of morpholine rings is 1. The van der Waals surface area contributed by atoms with E-state index in [0.29, 0.717) is 32.8 Å². The summed E-state index contributed by atoms with van der Waals surface area (Å²) in [6, 6.07) is 15.7. The lowest BCUT2D eigenvalue weighted by Gasteiger charge is -2.27. The van der Waals surface area contributed by atoms with Crippen LogP contribution in [0.15, 0.2) is 59.7 Å². The summed E-state index contributed by atoms with van der Waals surface area (Å²) in [4.78, 5) is 19.1. The Kier molecular flexibility index (Phi) is 5.39. The minimum absolute atomic E-state index is 0.109. The summed E-state index contributed by atoms with van der Waals surface area (Å²) in [6.45, 7) is 2.83. The number of nitrogens with zero attached hydrogens (tertiary/aromatic N) is 3. The lowest BCUT2D eigenvalue weighted by Crippen LogP contribution is -2.42. The number of amides is 1.